The van der Waals surface area contributed by atoms with Gasteiger partial charge in [0.2, 0.25) is 10.0 Å². The largest absolute Gasteiger partial charge is 0.454 e. The molecule has 1 aromatic carbocycles. The molecule has 0 atom stereocenters. The fraction of sp³-hybridized carbons (Fsp3) is 0.500. The average molecular weight is 486 g/mol. The number of morpholine rings is 1. The predicted molar refractivity (Wildman–Crippen MR) is 117 cm³/mol. The number of benzene rings is 1. The van der Waals surface area contributed by atoms with E-state index in [0.717, 1.165) is 31.6 Å². The number of ketones is 1. The van der Waals surface area contributed by atoms with Crippen LogP contribution in [-0.2, 0) is 14.8 Å². The molecule has 0 aliphatic carbocycles. The summed E-state index contributed by atoms with van der Waals surface area (Å²) in [5.41, 5.74) is 1.27. The van der Waals surface area contributed by atoms with Gasteiger partial charge < -0.3 is 14.2 Å². The highest BCUT2D eigenvalue weighted by atomic mass is 32.2. The Labute approximate surface area is 190 Å². The third-order valence-electron chi connectivity index (χ3n) is 6.18. The number of aryl methyl sites for hydroxylation is 1. The molecule has 0 bridgehead atoms. The van der Waals surface area contributed by atoms with Gasteiger partial charge in [-0.15, -0.1) is 0 Å². The van der Waals surface area contributed by atoms with Crippen molar-refractivity contribution in [2.75, 3.05) is 44.3 Å². The van der Waals surface area contributed by atoms with Crippen LogP contribution >= 0.6 is 0 Å². The molecule has 2 aliphatic heterocycles. The maximum atomic E-state index is 13.3. The second-order valence-corrected chi connectivity index (χ2v) is 10.2. The van der Waals surface area contributed by atoms with Crippen molar-refractivity contribution in [3.8, 4) is 5.69 Å². The van der Waals surface area contributed by atoms with Crippen LogP contribution in [0.4, 0.5) is 18.9 Å². The van der Waals surface area contributed by atoms with Crippen LogP contribution in [0.5, 0.6) is 0 Å². The quantitative estimate of drug-likeness (QED) is 0.607. The Bertz CT molecular complexity index is 1160. The summed E-state index contributed by atoms with van der Waals surface area (Å²) < 4.78 is 74.1. The molecule has 0 spiro atoms. The van der Waals surface area contributed by atoms with E-state index in [1.807, 2.05) is 0 Å². The topological polar surface area (TPSA) is 71.8 Å². The summed E-state index contributed by atoms with van der Waals surface area (Å²) in [5.74, 6) is -1.92. The molecule has 33 heavy (non-hydrogen) atoms. The van der Waals surface area contributed by atoms with Crippen LogP contribution < -0.4 is 4.90 Å². The lowest BCUT2D eigenvalue weighted by Gasteiger charge is -2.28. The fourth-order valence-electron chi connectivity index (χ4n) is 4.52. The van der Waals surface area contributed by atoms with E-state index in [1.165, 1.54) is 29.4 Å². The lowest BCUT2D eigenvalue weighted by Crippen LogP contribution is -2.40. The van der Waals surface area contributed by atoms with Gasteiger partial charge in [0.1, 0.15) is 0 Å². The van der Waals surface area contributed by atoms with Gasteiger partial charge >= 0.3 is 6.18 Å². The number of sulfonamides is 1. The highest BCUT2D eigenvalue weighted by Crippen LogP contribution is 2.35. The number of Topliss-reactive ketones (excluding diaryl/α,β-unsaturated/α-hetero) is 1. The minimum Gasteiger partial charge on any atom is -0.379 e. The Morgan fingerprint density at radius 3 is 2.21 bits per heavy atom. The standard InChI is InChI=1S/C22H26F3N3O4S/c1-15-13-18(21(29)22(23,24)25)16(2)28(15)20-14-17(5-6-19(20)26-7-3-4-8-26)33(30,31)27-9-11-32-12-10-27/h5-6,13-14H,3-4,7-12H2,1-2H3. The molecule has 3 heterocycles. The minimum atomic E-state index is -5.00. The second kappa shape index (κ2) is 8.77. The molecule has 2 fully saturated rings. The van der Waals surface area contributed by atoms with Gasteiger partial charge in [-0.3, -0.25) is 4.79 Å². The van der Waals surface area contributed by atoms with Gasteiger partial charge in [-0.25, -0.2) is 8.42 Å². The second-order valence-electron chi connectivity index (χ2n) is 8.31. The number of hydrogen-bond donors (Lipinski definition) is 0. The zero-order valence-electron chi connectivity index (χ0n) is 18.5. The van der Waals surface area contributed by atoms with Gasteiger partial charge in [-0.05, 0) is 51.0 Å². The highest BCUT2D eigenvalue weighted by molar-refractivity contribution is 7.89. The molecule has 0 radical (unpaired) electrons. The van der Waals surface area contributed by atoms with Gasteiger partial charge in [-0.1, -0.05) is 0 Å². The number of anilines is 1. The normalized spacial score (nSPS) is 18.2. The maximum Gasteiger partial charge on any atom is 0.454 e. The van der Waals surface area contributed by atoms with Crippen molar-refractivity contribution in [1.82, 2.24) is 8.87 Å². The van der Waals surface area contributed by atoms with Crippen LogP contribution in [0.2, 0.25) is 0 Å². The van der Waals surface area contributed by atoms with Crippen LogP contribution in [0.15, 0.2) is 29.2 Å². The number of hydrogen-bond acceptors (Lipinski definition) is 5. The number of rotatable bonds is 5. The molecule has 4 rings (SSSR count). The Morgan fingerprint density at radius 2 is 1.61 bits per heavy atom. The fourth-order valence-corrected chi connectivity index (χ4v) is 5.95. The van der Waals surface area contributed by atoms with E-state index in [-0.39, 0.29) is 23.7 Å². The van der Waals surface area contributed by atoms with E-state index in [0.29, 0.717) is 24.6 Å². The molecule has 1 aromatic heterocycles. The molecule has 0 N–H and O–H groups in total. The zero-order valence-corrected chi connectivity index (χ0v) is 19.3. The molecule has 0 saturated carbocycles. The first kappa shape index (κ1) is 23.8. The van der Waals surface area contributed by atoms with Crippen LogP contribution in [0.3, 0.4) is 0 Å². The van der Waals surface area contributed by atoms with E-state index in [4.69, 9.17) is 4.74 Å². The van der Waals surface area contributed by atoms with Gasteiger partial charge in [0.25, 0.3) is 5.78 Å². The lowest BCUT2D eigenvalue weighted by atomic mass is 10.1. The Hall–Kier alpha value is -2.37. The number of alkyl halides is 3. The van der Waals surface area contributed by atoms with Gasteiger partial charge in [0.05, 0.1) is 29.5 Å². The molecular weight excluding hydrogens is 459 g/mol. The predicted octanol–water partition coefficient (Wildman–Crippen LogP) is 3.46. The van der Waals surface area contributed by atoms with Crippen molar-refractivity contribution in [1.29, 1.82) is 0 Å². The number of ether oxygens (including phenoxy) is 1. The van der Waals surface area contributed by atoms with Crippen LogP contribution in [0, 0.1) is 13.8 Å². The third-order valence-corrected chi connectivity index (χ3v) is 8.07. The number of nitrogens with zero attached hydrogens (tertiary/aromatic N) is 3. The van der Waals surface area contributed by atoms with Crippen molar-refractivity contribution >= 4 is 21.5 Å². The van der Waals surface area contributed by atoms with E-state index in [9.17, 15) is 26.4 Å². The van der Waals surface area contributed by atoms with Gasteiger partial charge in [0.15, 0.2) is 0 Å². The van der Waals surface area contributed by atoms with E-state index >= 15 is 0 Å². The van der Waals surface area contributed by atoms with Crippen molar-refractivity contribution < 1.29 is 31.1 Å². The summed E-state index contributed by atoms with van der Waals surface area (Å²) in [7, 11) is -3.82. The highest BCUT2D eigenvalue weighted by Gasteiger charge is 2.41. The summed E-state index contributed by atoms with van der Waals surface area (Å²) in [4.78, 5) is 14.1. The van der Waals surface area contributed by atoms with Gasteiger partial charge in [-0.2, -0.15) is 17.5 Å². The summed E-state index contributed by atoms with van der Waals surface area (Å²) >= 11 is 0. The monoisotopic (exact) mass is 485 g/mol. The molecule has 2 saturated heterocycles. The maximum absolute atomic E-state index is 13.3. The summed E-state index contributed by atoms with van der Waals surface area (Å²) in [6, 6.07) is 5.96. The number of halogens is 3. The lowest BCUT2D eigenvalue weighted by molar-refractivity contribution is -0.0885. The Morgan fingerprint density at radius 1 is 0.970 bits per heavy atom. The SMILES string of the molecule is Cc1cc(C(=O)C(F)(F)F)c(C)n1-c1cc(S(=O)(=O)N2CCOCC2)ccc1N1CCCC1. The zero-order chi connectivity index (χ0) is 24.0. The molecule has 180 valence electrons. The molecule has 0 unspecified atom stereocenters. The number of carbonyl (C=O) groups is 1. The van der Waals surface area contributed by atoms with Crippen molar-refractivity contribution in [2.45, 2.75) is 37.8 Å². The van der Waals surface area contributed by atoms with E-state index < -0.39 is 27.5 Å². The van der Waals surface area contributed by atoms with Crippen molar-refractivity contribution in [3.05, 3.63) is 41.2 Å². The summed E-state index contributed by atoms with van der Waals surface area (Å²) in [6.07, 6.45) is -3.06. The molecular formula is C22H26F3N3O4S. The first-order valence-corrected chi connectivity index (χ1v) is 12.2. The smallest absolute Gasteiger partial charge is 0.379 e. The van der Waals surface area contributed by atoms with E-state index in [2.05, 4.69) is 4.90 Å². The first-order chi connectivity index (χ1) is 15.5. The molecule has 7 nitrogen and oxygen atoms in total. The average Bonchev–Trinajstić information content (AvgIpc) is 3.41. The van der Waals surface area contributed by atoms with E-state index in [1.54, 1.807) is 17.6 Å². The van der Waals surface area contributed by atoms with Crippen LogP contribution in [0.1, 0.15) is 34.6 Å². The molecule has 0 amide bonds. The number of aromatic nitrogens is 1. The van der Waals surface area contributed by atoms with Crippen molar-refractivity contribution in [2.24, 2.45) is 0 Å². The molecule has 2 aliphatic rings. The summed E-state index contributed by atoms with van der Waals surface area (Å²) in [6.45, 7) is 5.65. The number of carbonyl (C=O) groups excluding carboxylic acids is 1. The van der Waals surface area contributed by atoms with Crippen LogP contribution in [0.25, 0.3) is 5.69 Å². The first-order valence-electron chi connectivity index (χ1n) is 10.8. The van der Waals surface area contributed by atoms with Crippen LogP contribution in [-0.4, -0.2) is 68.6 Å². The van der Waals surface area contributed by atoms with Gasteiger partial charge in [0, 0.05) is 43.1 Å². The summed E-state index contributed by atoms with van der Waals surface area (Å²) in [5, 5.41) is 0. The third kappa shape index (κ3) is 4.41. The Kier molecular flexibility index (Phi) is 6.32. The molecule has 2 aromatic rings. The van der Waals surface area contributed by atoms with Crippen molar-refractivity contribution in [3.63, 3.8) is 0 Å². The Balaban J connectivity index is 1.87. The molecule has 11 heteroatoms. The minimum absolute atomic E-state index is 0.0542.